The van der Waals surface area contributed by atoms with E-state index < -0.39 is 17.1 Å². The van der Waals surface area contributed by atoms with Gasteiger partial charge in [0, 0.05) is 26.3 Å². The molecule has 10 heteroatoms. The number of rotatable bonds is 6. The summed E-state index contributed by atoms with van der Waals surface area (Å²) in [6.07, 6.45) is 2.00. The van der Waals surface area contributed by atoms with Crippen molar-refractivity contribution in [2.45, 2.75) is 32.4 Å². The number of hydrogen-bond acceptors (Lipinski definition) is 7. The third-order valence-electron chi connectivity index (χ3n) is 5.71. The number of halogens is 1. The number of ether oxygens (including phenoxy) is 1. The average Bonchev–Trinajstić information content (AvgIpc) is 3.23. The van der Waals surface area contributed by atoms with E-state index in [0.717, 1.165) is 5.56 Å². The van der Waals surface area contributed by atoms with E-state index in [-0.39, 0.29) is 29.2 Å². The van der Waals surface area contributed by atoms with E-state index in [0.29, 0.717) is 29.6 Å². The first-order valence-corrected chi connectivity index (χ1v) is 11.0. The summed E-state index contributed by atoms with van der Waals surface area (Å²) in [6.45, 7) is 4.51. The van der Waals surface area contributed by atoms with Gasteiger partial charge in [-0.05, 0) is 31.5 Å². The van der Waals surface area contributed by atoms with Gasteiger partial charge < -0.3 is 19.3 Å². The fourth-order valence-corrected chi connectivity index (χ4v) is 4.91. The molecule has 3 heterocycles. The topological polar surface area (TPSA) is 97.5 Å². The molecule has 0 fully saturated rings. The molecule has 1 amide bonds. The van der Waals surface area contributed by atoms with Crippen LogP contribution in [0.3, 0.4) is 0 Å². The van der Waals surface area contributed by atoms with Gasteiger partial charge in [0.1, 0.15) is 10.8 Å². The number of carbonyl (C=O) groups excluding carboxylic acids is 1. The number of fused-ring (bicyclic) bond motifs is 1. The Bertz CT molecular complexity index is 1210. The van der Waals surface area contributed by atoms with Crippen LogP contribution in [0.25, 0.3) is 10.6 Å². The molecule has 1 aliphatic rings. The normalized spacial score (nSPS) is 18.1. The molecule has 0 saturated heterocycles. The Morgan fingerprint density at radius 3 is 2.59 bits per heavy atom. The number of amides is 1. The molecular formula is C22H23FN4O4S. The van der Waals surface area contributed by atoms with Gasteiger partial charge in [0.25, 0.3) is 5.91 Å². The zero-order valence-corrected chi connectivity index (χ0v) is 18.7. The van der Waals surface area contributed by atoms with Gasteiger partial charge in [0.15, 0.2) is 16.5 Å². The Labute approximate surface area is 187 Å². The van der Waals surface area contributed by atoms with E-state index in [4.69, 9.17) is 4.74 Å². The maximum atomic E-state index is 13.1. The quantitative estimate of drug-likeness (QED) is 0.610. The van der Waals surface area contributed by atoms with Crippen molar-refractivity contribution in [3.05, 3.63) is 62.8 Å². The molecule has 0 aliphatic carbocycles. The van der Waals surface area contributed by atoms with Crippen LogP contribution in [-0.2, 0) is 11.2 Å². The average molecular weight is 459 g/mol. The molecule has 1 N–H and O–H groups in total. The van der Waals surface area contributed by atoms with Crippen molar-refractivity contribution in [1.29, 1.82) is 0 Å². The molecule has 8 nitrogen and oxygen atoms in total. The van der Waals surface area contributed by atoms with Gasteiger partial charge in [-0.15, -0.1) is 10.2 Å². The largest absolute Gasteiger partial charge is 0.503 e. The second kappa shape index (κ2) is 8.79. The maximum Gasteiger partial charge on any atom is 0.274 e. The van der Waals surface area contributed by atoms with Gasteiger partial charge in [-0.25, -0.2) is 4.39 Å². The summed E-state index contributed by atoms with van der Waals surface area (Å²) in [5, 5.41) is 19.9. The fraction of sp³-hybridized carbons (Fsp3) is 0.364. The third kappa shape index (κ3) is 3.80. The van der Waals surface area contributed by atoms with Gasteiger partial charge in [-0.1, -0.05) is 23.5 Å². The minimum atomic E-state index is -0.664. The molecule has 3 aromatic rings. The number of aromatic nitrogens is 3. The third-order valence-corrected chi connectivity index (χ3v) is 6.67. The number of aromatic hydroxyl groups is 1. The van der Waals surface area contributed by atoms with Crippen LogP contribution >= 0.6 is 11.3 Å². The van der Waals surface area contributed by atoms with Gasteiger partial charge >= 0.3 is 0 Å². The summed E-state index contributed by atoms with van der Waals surface area (Å²) in [5.74, 6) is -1.33. The van der Waals surface area contributed by atoms with Crippen LogP contribution in [0.5, 0.6) is 5.75 Å². The minimum Gasteiger partial charge on any atom is -0.503 e. The Morgan fingerprint density at radius 1 is 1.22 bits per heavy atom. The molecule has 1 aliphatic heterocycles. The SMILES string of the molecule is CCN1C(=O)c2c(O)c(=O)c(-c3nnc(Cc4ccc(F)cc4)s3)cn2[C@H](C)[C@@H]1COC. The molecule has 0 saturated carbocycles. The van der Waals surface area contributed by atoms with Crippen molar-refractivity contribution in [2.75, 3.05) is 20.3 Å². The van der Waals surface area contributed by atoms with Gasteiger partial charge in [0.05, 0.1) is 24.3 Å². The lowest BCUT2D eigenvalue weighted by atomic mass is 10.0. The first-order chi connectivity index (χ1) is 15.3. The molecule has 2 aromatic heterocycles. The van der Waals surface area contributed by atoms with Crippen molar-refractivity contribution in [3.8, 4) is 16.3 Å². The summed E-state index contributed by atoms with van der Waals surface area (Å²) in [7, 11) is 1.57. The first-order valence-electron chi connectivity index (χ1n) is 10.2. The molecule has 168 valence electrons. The Hall–Kier alpha value is -3.11. The number of hydrogen-bond donors (Lipinski definition) is 1. The number of methoxy groups -OCH3 is 1. The Balaban J connectivity index is 1.74. The molecule has 32 heavy (non-hydrogen) atoms. The summed E-state index contributed by atoms with van der Waals surface area (Å²) in [6, 6.07) is 5.60. The molecular weight excluding hydrogens is 435 g/mol. The van der Waals surface area contributed by atoms with Crippen LogP contribution in [0.15, 0.2) is 35.3 Å². The van der Waals surface area contributed by atoms with Crippen LogP contribution in [0.2, 0.25) is 0 Å². The maximum absolute atomic E-state index is 13.1. The van der Waals surface area contributed by atoms with Crippen molar-refractivity contribution >= 4 is 17.2 Å². The number of nitrogens with zero attached hydrogens (tertiary/aromatic N) is 4. The van der Waals surface area contributed by atoms with Crippen molar-refractivity contribution in [1.82, 2.24) is 19.7 Å². The van der Waals surface area contributed by atoms with E-state index in [1.165, 1.54) is 23.5 Å². The van der Waals surface area contributed by atoms with Crippen LogP contribution in [-0.4, -0.2) is 57.0 Å². The summed E-state index contributed by atoms with van der Waals surface area (Å²) in [5.41, 5.74) is 0.342. The predicted octanol–water partition coefficient (Wildman–Crippen LogP) is 2.85. The molecule has 0 spiro atoms. The van der Waals surface area contributed by atoms with Crippen molar-refractivity contribution in [2.24, 2.45) is 0 Å². The lowest BCUT2D eigenvalue weighted by Crippen LogP contribution is -2.52. The van der Waals surface area contributed by atoms with Crippen LogP contribution in [0.4, 0.5) is 4.39 Å². The first kappa shape index (κ1) is 22.1. The standard InChI is InChI=1S/C22H23FN4O4S/c1-4-26-16(11-31-3)12(2)27-10-15(19(28)20(29)18(27)22(26)30)21-25-24-17(32-21)9-13-5-7-14(23)8-6-13/h5-8,10,12,16,29H,4,9,11H2,1-3H3/t12-,16+/m1/s1. The summed E-state index contributed by atoms with van der Waals surface area (Å²) in [4.78, 5) is 27.6. The minimum absolute atomic E-state index is 0.0310. The zero-order chi connectivity index (χ0) is 23.0. The number of carbonyl (C=O) groups is 1. The van der Waals surface area contributed by atoms with E-state index in [1.54, 1.807) is 34.9 Å². The highest BCUT2D eigenvalue weighted by molar-refractivity contribution is 7.14. The highest BCUT2D eigenvalue weighted by Crippen LogP contribution is 2.33. The van der Waals surface area contributed by atoms with E-state index in [1.807, 2.05) is 13.8 Å². The lowest BCUT2D eigenvalue weighted by molar-refractivity contribution is 0.0328. The van der Waals surface area contributed by atoms with Crippen molar-refractivity contribution in [3.63, 3.8) is 0 Å². The van der Waals surface area contributed by atoms with Crippen LogP contribution in [0, 0.1) is 5.82 Å². The Kier molecular flexibility index (Phi) is 6.07. The van der Waals surface area contributed by atoms with E-state index in [9.17, 15) is 19.1 Å². The molecule has 0 radical (unpaired) electrons. The smallest absolute Gasteiger partial charge is 0.274 e. The molecule has 0 bridgehead atoms. The molecule has 0 unspecified atom stereocenters. The van der Waals surface area contributed by atoms with Gasteiger partial charge in [-0.2, -0.15) is 0 Å². The lowest BCUT2D eigenvalue weighted by Gasteiger charge is -2.41. The number of benzene rings is 1. The zero-order valence-electron chi connectivity index (χ0n) is 17.9. The monoisotopic (exact) mass is 458 g/mol. The predicted molar refractivity (Wildman–Crippen MR) is 118 cm³/mol. The van der Waals surface area contributed by atoms with Crippen LogP contribution in [0.1, 0.15) is 40.9 Å². The van der Waals surface area contributed by atoms with E-state index in [2.05, 4.69) is 10.2 Å². The van der Waals surface area contributed by atoms with E-state index >= 15 is 0 Å². The fourth-order valence-electron chi connectivity index (χ4n) is 4.03. The van der Waals surface area contributed by atoms with Gasteiger partial charge in [-0.3, -0.25) is 9.59 Å². The van der Waals surface area contributed by atoms with Crippen LogP contribution < -0.4 is 5.43 Å². The van der Waals surface area contributed by atoms with Gasteiger partial charge in [0.2, 0.25) is 5.43 Å². The highest BCUT2D eigenvalue weighted by atomic mass is 32.1. The summed E-state index contributed by atoms with van der Waals surface area (Å²) < 4.78 is 20.1. The van der Waals surface area contributed by atoms with Crippen molar-refractivity contribution < 1.29 is 19.0 Å². The second-order valence-electron chi connectivity index (χ2n) is 7.64. The molecule has 1 aromatic carbocycles. The number of likely N-dealkylation sites (N-methyl/N-ethyl adjacent to an activating group) is 1. The second-order valence-corrected chi connectivity index (χ2v) is 8.70. The summed E-state index contributed by atoms with van der Waals surface area (Å²) >= 11 is 1.22. The molecule has 2 atom stereocenters. The molecule has 4 rings (SSSR count). The Morgan fingerprint density at radius 2 is 1.94 bits per heavy atom. The number of pyridine rings is 1. The highest BCUT2D eigenvalue weighted by Gasteiger charge is 2.39.